The highest BCUT2D eigenvalue weighted by atomic mass is 16.7. The molecule has 0 bridgehead atoms. The van der Waals surface area contributed by atoms with Gasteiger partial charge in [-0.1, -0.05) is 12.1 Å². The molecule has 1 atom stereocenters. The number of phenolic OH excluding ortho intramolecular Hbond substituents is 3. The summed E-state index contributed by atoms with van der Waals surface area (Å²) < 4.78 is 21.5. The Morgan fingerprint density at radius 2 is 1.73 bits per heavy atom. The van der Waals surface area contributed by atoms with Crippen LogP contribution in [0.4, 0.5) is 0 Å². The minimum Gasteiger partial charge on any atom is -0.504 e. The molecule has 2 heterocycles. The van der Waals surface area contributed by atoms with Crippen molar-refractivity contribution in [2.45, 2.75) is 6.29 Å². The van der Waals surface area contributed by atoms with E-state index >= 15 is 0 Å². The topological polar surface area (TPSA) is 119 Å². The maximum atomic E-state index is 12.7. The van der Waals surface area contributed by atoms with E-state index in [1.807, 2.05) is 0 Å². The lowest BCUT2D eigenvalue weighted by atomic mass is 9.96. The maximum Gasteiger partial charge on any atom is 0.347 e. The van der Waals surface area contributed by atoms with Gasteiger partial charge in [-0.15, -0.1) is 0 Å². The number of aromatic hydroxyl groups is 3. The molecule has 0 amide bonds. The van der Waals surface area contributed by atoms with E-state index in [2.05, 4.69) is 0 Å². The average Bonchev–Trinajstić information content (AvgIpc) is 2.73. The van der Waals surface area contributed by atoms with Gasteiger partial charge in [0.1, 0.15) is 17.1 Å². The molecule has 0 aliphatic carbocycles. The number of phenols is 3. The molecule has 8 nitrogen and oxygen atoms in total. The summed E-state index contributed by atoms with van der Waals surface area (Å²) in [7, 11) is 2.87. The number of hydrogen-bond donors (Lipinski definition) is 3. The fraction of sp³-hybridized carbons (Fsp3) is 0.136. The molecule has 1 aliphatic heterocycles. The Bertz CT molecular complexity index is 1210. The average molecular weight is 410 g/mol. The van der Waals surface area contributed by atoms with Crippen LogP contribution in [0.1, 0.15) is 23.2 Å². The van der Waals surface area contributed by atoms with Gasteiger partial charge in [0.05, 0.1) is 7.11 Å². The molecule has 4 rings (SSSR count). The SMILES string of the molecule is COc1cc(/C=C/c2cc3c(c(=O)o2)-c2cc(O)c(O)cc2[C@@H](OC)O3)ccc1O. The van der Waals surface area contributed by atoms with Gasteiger partial charge in [0.2, 0.25) is 6.29 Å². The molecule has 0 radical (unpaired) electrons. The summed E-state index contributed by atoms with van der Waals surface area (Å²) in [5, 5.41) is 29.3. The van der Waals surface area contributed by atoms with Crippen molar-refractivity contribution in [2.24, 2.45) is 0 Å². The van der Waals surface area contributed by atoms with Crippen LogP contribution < -0.4 is 15.1 Å². The van der Waals surface area contributed by atoms with Gasteiger partial charge in [-0.05, 0) is 35.9 Å². The van der Waals surface area contributed by atoms with Crippen LogP contribution >= 0.6 is 0 Å². The van der Waals surface area contributed by atoms with Gasteiger partial charge in [-0.25, -0.2) is 4.79 Å². The molecular weight excluding hydrogens is 392 g/mol. The predicted octanol–water partition coefficient (Wildman–Crippen LogP) is 3.64. The number of rotatable bonds is 4. The molecule has 0 saturated heterocycles. The highest BCUT2D eigenvalue weighted by Crippen LogP contribution is 2.45. The Kier molecular flexibility index (Phi) is 4.85. The van der Waals surface area contributed by atoms with Crippen molar-refractivity contribution in [3.63, 3.8) is 0 Å². The zero-order chi connectivity index (χ0) is 21.4. The van der Waals surface area contributed by atoms with Crippen LogP contribution in [-0.4, -0.2) is 29.5 Å². The molecule has 0 saturated carbocycles. The molecule has 1 aromatic heterocycles. The lowest BCUT2D eigenvalue weighted by Crippen LogP contribution is -2.20. The molecule has 8 heteroatoms. The molecule has 3 aromatic rings. The van der Waals surface area contributed by atoms with Crippen LogP contribution in [0.15, 0.2) is 45.6 Å². The first-order valence-corrected chi connectivity index (χ1v) is 8.90. The fourth-order valence-corrected chi connectivity index (χ4v) is 3.24. The highest BCUT2D eigenvalue weighted by Gasteiger charge is 2.31. The van der Waals surface area contributed by atoms with Crippen LogP contribution in [-0.2, 0) is 4.74 Å². The summed E-state index contributed by atoms with van der Waals surface area (Å²) in [5.41, 5.74) is 0.915. The zero-order valence-corrected chi connectivity index (χ0v) is 16.1. The van der Waals surface area contributed by atoms with Crippen molar-refractivity contribution in [3.8, 4) is 39.9 Å². The van der Waals surface area contributed by atoms with E-state index in [0.29, 0.717) is 22.4 Å². The number of benzene rings is 2. The van der Waals surface area contributed by atoms with Gasteiger partial charge in [0.15, 0.2) is 23.0 Å². The van der Waals surface area contributed by atoms with Crippen molar-refractivity contribution < 1.29 is 33.9 Å². The van der Waals surface area contributed by atoms with Gasteiger partial charge in [-0.3, -0.25) is 0 Å². The van der Waals surface area contributed by atoms with E-state index in [1.54, 1.807) is 24.3 Å². The number of methoxy groups -OCH3 is 2. The second-order valence-electron chi connectivity index (χ2n) is 6.55. The summed E-state index contributed by atoms with van der Waals surface area (Å²) >= 11 is 0. The quantitative estimate of drug-likeness (QED) is 0.558. The summed E-state index contributed by atoms with van der Waals surface area (Å²) in [6.07, 6.45) is 2.38. The molecule has 0 spiro atoms. The smallest absolute Gasteiger partial charge is 0.347 e. The van der Waals surface area contributed by atoms with Gasteiger partial charge >= 0.3 is 5.63 Å². The van der Waals surface area contributed by atoms with Crippen molar-refractivity contribution in [2.75, 3.05) is 14.2 Å². The Morgan fingerprint density at radius 1 is 0.967 bits per heavy atom. The van der Waals surface area contributed by atoms with E-state index in [0.717, 1.165) is 0 Å². The largest absolute Gasteiger partial charge is 0.504 e. The number of fused-ring (bicyclic) bond motifs is 3. The summed E-state index contributed by atoms with van der Waals surface area (Å²) in [4.78, 5) is 12.7. The van der Waals surface area contributed by atoms with Crippen molar-refractivity contribution in [1.82, 2.24) is 0 Å². The van der Waals surface area contributed by atoms with Crippen LogP contribution in [0.5, 0.6) is 28.7 Å². The normalized spacial score (nSPS) is 14.8. The maximum absolute atomic E-state index is 12.7. The second kappa shape index (κ2) is 7.49. The molecule has 30 heavy (non-hydrogen) atoms. The van der Waals surface area contributed by atoms with Crippen molar-refractivity contribution >= 4 is 12.2 Å². The third kappa shape index (κ3) is 3.33. The first-order chi connectivity index (χ1) is 14.4. The first kappa shape index (κ1) is 19.4. The van der Waals surface area contributed by atoms with Crippen molar-refractivity contribution in [3.05, 3.63) is 63.7 Å². The lowest BCUT2D eigenvalue weighted by Gasteiger charge is -2.27. The first-order valence-electron chi connectivity index (χ1n) is 8.90. The predicted molar refractivity (Wildman–Crippen MR) is 108 cm³/mol. The van der Waals surface area contributed by atoms with Gasteiger partial charge in [-0.2, -0.15) is 0 Å². The molecule has 2 aromatic carbocycles. The Balaban J connectivity index is 1.76. The fourth-order valence-electron chi connectivity index (χ4n) is 3.24. The van der Waals surface area contributed by atoms with E-state index < -0.39 is 11.9 Å². The van der Waals surface area contributed by atoms with Gasteiger partial charge < -0.3 is 33.9 Å². The molecule has 154 valence electrons. The van der Waals surface area contributed by atoms with Crippen LogP contribution in [0, 0.1) is 0 Å². The van der Waals surface area contributed by atoms with E-state index in [4.69, 9.17) is 18.6 Å². The third-order valence-electron chi connectivity index (χ3n) is 4.70. The molecule has 0 fully saturated rings. The molecular formula is C22H18O8. The Morgan fingerprint density at radius 3 is 2.47 bits per heavy atom. The monoisotopic (exact) mass is 410 g/mol. The van der Waals surface area contributed by atoms with Gasteiger partial charge in [0.25, 0.3) is 0 Å². The minimum atomic E-state index is -0.876. The summed E-state index contributed by atoms with van der Waals surface area (Å²) in [5.74, 6) is 0.0554. The van der Waals surface area contributed by atoms with Gasteiger partial charge in [0, 0.05) is 24.3 Å². The highest BCUT2D eigenvalue weighted by molar-refractivity contribution is 5.78. The van der Waals surface area contributed by atoms with E-state index in [9.17, 15) is 20.1 Å². The number of ether oxygens (including phenoxy) is 3. The Labute approximate surface area is 170 Å². The molecule has 3 N–H and O–H groups in total. The third-order valence-corrected chi connectivity index (χ3v) is 4.70. The van der Waals surface area contributed by atoms with Crippen LogP contribution in [0.2, 0.25) is 0 Å². The zero-order valence-electron chi connectivity index (χ0n) is 16.1. The number of hydrogen-bond acceptors (Lipinski definition) is 8. The second-order valence-corrected chi connectivity index (χ2v) is 6.55. The minimum absolute atomic E-state index is 0.0157. The summed E-state index contributed by atoms with van der Waals surface area (Å²) in [6.45, 7) is 0. The lowest BCUT2D eigenvalue weighted by molar-refractivity contribution is -0.0583. The van der Waals surface area contributed by atoms with Crippen LogP contribution in [0.3, 0.4) is 0 Å². The Hall–Kier alpha value is -3.91. The van der Waals surface area contributed by atoms with E-state index in [-0.39, 0.29) is 34.3 Å². The molecule has 0 unspecified atom stereocenters. The van der Waals surface area contributed by atoms with E-state index in [1.165, 1.54) is 38.5 Å². The van der Waals surface area contributed by atoms with Crippen molar-refractivity contribution in [1.29, 1.82) is 0 Å². The van der Waals surface area contributed by atoms with Crippen LogP contribution in [0.25, 0.3) is 23.3 Å². The standard InChI is InChI=1S/C22H18O8/c1-27-18-7-11(4-6-15(18)23)3-5-12-8-19-20(21(26)29-12)13-9-16(24)17(25)10-14(13)22(28-2)30-19/h3-10,22-25H,1-2H3/b5-3+/t22-/m0/s1. The molecule has 1 aliphatic rings. The summed E-state index contributed by atoms with van der Waals surface area (Å²) in [6, 6.07) is 8.88.